The van der Waals surface area contributed by atoms with Crippen molar-refractivity contribution in [3.05, 3.63) is 40.8 Å². The standard InChI is InChI=1S/C18H20ClN3O3/c1-18(2,3)25-17(24)22-8-6-13-12(16(22)23)10-14(21(13)4)11-5-7-20-15(19)9-11/h5,7,9-10H,6,8H2,1-4H3. The van der Waals surface area contributed by atoms with Crippen LogP contribution < -0.4 is 0 Å². The molecule has 7 heteroatoms. The smallest absolute Gasteiger partial charge is 0.417 e. The van der Waals surface area contributed by atoms with Gasteiger partial charge in [0.25, 0.3) is 5.91 Å². The van der Waals surface area contributed by atoms with E-state index in [-0.39, 0.29) is 5.91 Å². The van der Waals surface area contributed by atoms with Crippen molar-refractivity contribution in [2.75, 3.05) is 6.54 Å². The topological polar surface area (TPSA) is 64.4 Å². The highest BCUT2D eigenvalue weighted by Crippen LogP contribution is 2.30. The van der Waals surface area contributed by atoms with E-state index in [9.17, 15) is 9.59 Å². The lowest BCUT2D eigenvalue weighted by Gasteiger charge is -2.28. The summed E-state index contributed by atoms with van der Waals surface area (Å²) in [6.07, 6.45) is 1.59. The second-order valence-corrected chi connectivity index (χ2v) is 7.39. The number of pyridine rings is 1. The number of carbonyl (C=O) groups is 2. The predicted molar refractivity (Wildman–Crippen MR) is 94.6 cm³/mol. The van der Waals surface area contributed by atoms with E-state index in [1.165, 1.54) is 0 Å². The summed E-state index contributed by atoms with van der Waals surface area (Å²) in [4.78, 5) is 30.2. The monoisotopic (exact) mass is 361 g/mol. The summed E-state index contributed by atoms with van der Waals surface area (Å²) in [5.74, 6) is -0.336. The Morgan fingerprint density at radius 3 is 2.68 bits per heavy atom. The Labute approximate surface area is 151 Å². The van der Waals surface area contributed by atoms with Gasteiger partial charge in [-0.2, -0.15) is 0 Å². The number of imide groups is 1. The molecule has 0 aliphatic carbocycles. The van der Waals surface area contributed by atoms with Crippen LogP contribution in [-0.4, -0.2) is 38.6 Å². The van der Waals surface area contributed by atoms with Crippen LogP contribution in [0.3, 0.4) is 0 Å². The van der Waals surface area contributed by atoms with Gasteiger partial charge in [0.2, 0.25) is 0 Å². The quantitative estimate of drug-likeness (QED) is 0.727. The highest BCUT2D eigenvalue weighted by Gasteiger charge is 2.34. The maximum Gasteiger partial charge on any atom is 0.417 e. The molecule has 3 rings (SSSR count). The molecule has 2 aromatic rings. The van der Waals surface area contributed by atoms with Gasteiger partial charge in [0.15, 0.2) is 0 Å². The SMILES string of the molecule is Cn1c(-c2ccnc(Cl)c2)cc2c1CCN(C(=O)OC(C)(C)C)C2=O. The molecule has 0 saturated heterocycles. The number of amides is 2. The molecule has 0 spiro atoms. The van der Waals surface area contributed by atoms with Crippen LogP contribution in [0.1, 0.15) is 36.8 Å². The molecule has 3 heterocycles. The number of nitrogens with zero attached hydrogens (tertiary/aromatic N) is 3. The van der Waals surface area contributed by atoms with Gasteiger partial charge < -0.3 is 9.30 Å². The third kappa shape index (κ3) is 3.39. The fourth-order valence-electron chi connectivity index (χ4n) is 2.93. The van der Waals surface area contributed by atoms with Crippen LogP contribution in [0.4, 0.5) is 4.79 Å². The number of rotatable bonds is 1. The van der Waals surface area contributed by atoms with E-state index in [1.807, 2.05) is 17.7 Å². The predicted octanol–water partition coefficient (Wildman–Crippen LogP) is 3.67. The highest BCUT2D eigenvalue weighted by molar-refractivity contribution is 6.29. The zero-order chi connectivity index (χ0) is 18.4. The van der Waals surface area contributed by atoms with Gasteiger partial charge in [0.05, 0.1) is 5.56 Å². The molecule has 0 aromatic carbocycles. The van der Waals surface area contributed by atoms with Crippen LogP contribution >= 0.6 is 11.6 Å². The molecule has 2 aromatic heterocycles. The summed E-state index contributed by atoms with van der Waals surface area (Å²) in [5, 5.41) is 0.387. The maximum atomic E-state index is 12.8. The van der Waals surface area contributed by atoms with E-state index in [1.54, 1.807) is 39.1 Å². The van der Waals surface area contributed by atoms with Gasteiger partial charge in [0.1, 0.15) is 10.8 Å². The van der Waals surface area contributed by atoms with Gasteiger partial charge in [-0.25, -0.2) is 14.7 Å². The summed E-state index contributed by atoms with van der Waals surface area (Å²) in [6, 6.07) is 5.38. The average Bonchev–Trinajstić information content (AvgIpc) is 2.84. The summed E-state index contributed by atoms with van der Waals surface area (Å²) in [7, 11) is 1.90. The fraction of sp³-hybridized carbons (Fsp3) is 0.389. The fourth-order valence-corrected chi connectivity index (χ4v) is 3.10. The summed E-state index contributed by atoms with van der Waals surface area (Å²) < 4.78 is 7.30. The minimum absolute atomic E-state index is 0.301. The summed E-state index contributed by atoms with van der Waals surface area (Å²) in [6.45, 7) is 5.63. The van der Waals surface area contributed by atoms with Gasteiger partial charge in [-0.15, -0.1) is 0 Å². The van der Waals surface area contributed by atoms with Crippen molar-refractivity contribution in [2.45, 2.75) is 32.8 Å². The molecule has 132 valence electrons. The Hall–Kier alpha value is -2.34. The first-order chi connectivity index (χ1) is 11.7. The third-order valence-corrected chi connectivity index (χ3v) is 4.25. The maximum absolute atomic E-state index is 12.8. The van der Waals surface area contributed by atoms with Crippen LogP contribution in [-0.2, 0) is 18.2 Å². The van der Waals surface area contributed by atoms with E-state index in [0.717, 1.165) is 21.9 Å². The molecule has 0 radical (unpaired) electrons. The molecule has 0 N–H and O–H groups in total. The largest absolute Gasteiger partial charge is 0.443 e. The van der Waals surface area contributed by atoms with Crippen molar-refractivity contribution >= 4 is 23.6 Å². The molecule has 0 saturated carbocycles. The van der Waals surface area contributed by atoms with E-state index in [4.69, 9.17) is 16.3 Å². The van der Waals surface area contributed by atoms with E-state index < -0.39 is 11.7 Å². The zero-order valence-electron chi connectivity index (χ0n) is 14.7. The lowest BCUT2D eigenvalue weighted by atomic mass is 10.1. The minimum atomic E-state index is -0.646. The van der Waals surface area contributed by atoms with Crippen LogP contribution in [0, 0.1) is 0 Å². The molecule has 2 amide bonds. The van der Waals surface area contributed by atoms with Gasteiger partial charge in [-0.1, -0.05) is 11.6 Å². The van der Waals surface area contributed by atoms with Crippen LogP contribution in [0.5, 0.6) is 0 Å². The van der Waals surface area contributed by atoms with Gasteiger partial charge >= 0.3 is 6.09 Å². The van der Waals surface area contributed by atoms with Crippen molar-refractivity contribution in [3.63, 3.8) is 0 Å². The summed E-state index contributed by atoms with van der Waals surface area (Å²) >= 11 is 5.97. The molecule has 0 bridgehead atoms. The molecule has 6 nitrogen and oxygen atoms in total. The Balaban J connectivity index is 1.95. The first kappa shape index (κ1) is 17.5. The number of halogens is 1. The molecule has 0 unspecified atom stereocenters. The number of fused-ring (bicyclic) bond motifs is 1. The Morgan fingerprint density at radius 2 is 2.04 bits per heavy atom. The molecule has 1 aliphatic heterocycles. The Kier molecular flexibility index (Phi) is 4.33. The van der Waals surface area contributed by atoms with Crippen LogP contribution in [0.25, 0.3) is 11.3 Å². The lowest BCUT2D eigenvalue weighted by molar-refractivity contribution is 0.0232. The lowest BCUT2D eigenvalue weighted by Crippen LogP contribution is -2.44. The first-order valence-corrected chi connectivity index (χ1v) is 8.40. The Morgan fingerprint density at radius 1 is 1.32 bits per heavy atom. The van der Waals surface area contributed by atoms with Crippen LogP contribution in [0.15, 0.2) is 24.4 Å². The molecule has 1 aliphatic rings. The van der Waals surface area contributed by atoms with Crippen molar-refractivity contribution in [1.29, 1.82) is 0 Å². The number of ether oxygens (including phenoxy) is 1. The number of hydrogen-bond donors (Lipinski definition) is 0. The molecule has 0 atom stereocenters. The zero-order valence-corrected chi connectivity index (χ0v) is 15.4. The van der Waals surface area contributed by atoms with Crippen molar-refractivity contribution in [2.24, 2.45) is 7.05 Å². The first-order valence-electron chi connectivity index (χ1n) is 8.03. The number of aromatic nitrogens is 2. The van der Waals surface area contributed by atoms with Crippen molar-refractivity contribution < 1.29 is 14.3 Å². The third-order valence-electron chi connectivity index (χ3n) is 4.04. The number of hydrogen-bond acceptors (Lipinski definition) is 4. The van der Waals surface area contributed by atoms with Gasteiger partial charge in [-0.3, -0.25) is 4.79 Å². The van der Waals surface area contributed by atoms with E-state index in [0.29, 0.717) is 23.7 Å². The van der Waals surface area contributed by atoms with Crippen molar-refractivity contribution in [1.82, 2.24) is 14.5 Å². The highest BCUT2D eigenvalue weighted by atomic mass is 35.5. The second-order valence-electron chi connectivity index (χ2n) is 7.00. The Bertz CT molecular complexity index is 852. The van der Waals surface area contributed by atoms with Gasteiger partial charge in [-0.05, 0) is 39.0 Å². The molecular weight excluding hydrogens is 342 g/mol. The number of carbonyl (C=O) groups excluding carboxylic acids is 2. The normalized spacial score (nSPS) is 14.4. The summed E-state index contributed by atoms with van der Waals surface area (Å²) in [5.41, 5.74) is 2.49. The van der Waals surface area contributed by atoms with Crippen molar-refractivity contribution in [3.8, 4) is 11.3 Å². The average molecular weight is 362 g/mol. The minimum Gasteiger partial charge on any atom is -0.443 e. The van der Waals surface area contributed by atoms with E-state index in [2.05, 4.69) is 4.98 Å². The molecule has 0 fully saturated rings. The van der Waals surface area contributed by atoms with Crippen LogP contribution in [0.2, 0.25) is 5.15 Å². The molecule has 25 heavy (non-hydrogen) atoms. The van der Waals surface area contributed by atoms with E-state index >= 15 is 0 Å². The molecular formula is C18H20ClN3O3. The second kappa shape index (κ2) is 6.19. The van der Waals surface area contributed by atoms with Gasteiger partial charge in [0, 0.05) is 43.2 Å².